The fourth-order valence-electron chi connectivity index (χ4n) is 3.73. The molecule has 0 amide bonds. The van der Waals surface area contributed by atoms with Gasteiger partial charge in [-0.25, -0.2) is 19.9 Å². The predicted molar refractivity (Wildman–Crippen MR) is 107 cm³/mol. The van der Waals surface area contributed by atoms with Crippen LogP contribution in [-0.2, 0) is 6.61 Å². The number of hydrogen-bond acceptors (Lipinski definition) is 8. The smallest absolute Gasteiger partial charge is 0.163 e. The Morgan fingerprint density at radius 2 is 1.71 bits per heavy atom. The summed E-state index contributed by atoms with van der Waals surface area (Å²) in [6.45, 7) is 5.81. The van der Waals surface area contributed by atoms with Gasteiger partial charge in [0, 0.05) is 55.5 Å². The Balaban J connectivity index is 1.56. The molecule has 1 saturated heterocycles. The van der Waals surface area contributed by atoms with E-state index >= 15 is 0 Å². The van der Waals surface area contributed by atoms with Gasteiger partial charge in [-0.2, -0.15) is 0 Å². The molecule has 1 aliphatic rings. The van der Waals surface area contributed by atoms with Crippen LogP contribution in [0.15, 0.2) is 49.1 Å². The number of rotatable bonds is 4. The molecule has 3 aromatic heterocycles. The van der Waals surface area contributed by atoms with Crippen molar-refractivity contribution in [2.24, 2.45) is 0 Å². The monoisotopic (exact) mass is 377 g/mol. The van der Waals surface area contributed by atoms with Gasteiger partial charge in [-0.3, -0.25) is 4.98 Å². The first-order chi connectivity index (χ1) is 13.7. The third kappa shape index (κ3) is 3.63. The van der Waals surface area contributed by atoms with Crippen molar-refractivity contribution in [3.05, 3.63) is 54.9 Å². The molecule has 8 nitrogen and oxygen atoms in total. The molecule has 28 heavy (non-hydrogen) atoms. The van der Waals surface area contributed by atoms with E-state index in [4.69, 9.17) is 4.98 Å². The fraction of sp³-hybridized carbons (Fsp3) is 0.350. The molecule has 1 fully saturated rings. The summed E-state index contributed by atoms with van der Waals surface area (Å²) in [5.74, 6) is 2.87. The van der Waals surface area contributed by atoms with Crippen LogP contribution < -0.4 is 9.80 Å². The minimum atomic E-state index is -0.158. The number of nitrogens with zero attached hydrogens (tertiary/aromatic N) is 7. The van der Waals surface area contributed by atoms with E-state index in [2.05, 4.69) is 43.6 Å². The van der Waals surface area contributed by atoms with Gasteiger partial charge in [-0.15, -0.1) is 0 Å². The van der Waals surface area contributed by atoms with E-state index < -0.39 is 0 Å². The summed E-state index contributed by atoms with van der Waals surface area (Å²) in [6, 6.07) is 8.14. The molecule has 0 bridgehead atoms. The van der Waals surface area contributed by atoms with Gasteiger partial charge in [0.25, 0.3) is 0 Å². The van der Waals surface area contributed by atoms with Crippen LogP contribution in [0, 0.1) is 0 Å². The molecule has 4 heterocycles. The summed E-state index contributed by atoms with van der Waals surface area (Å²) in [5, 5.41) is 9.33. The van der Waals surface area contributed by atoms with E-state index in [1.807, 2.05) is 24.3 Å². The molecule has 8 heteroatoms. The number of hydrogen-bond donors (Lipinski definition) is 1. The minimum Gasteiger partial charge on any atom is -0.388 e. The Labute approximate surface area is 164 Å². The molecular weight excluding hydrogens is 354 g/mol. The Hall–Kier alpha value is -3.13. The molecule has 0 spiro atoms. The molecule has 0 aromatic carbocycles. The van der Waals surface area contributed by atoms with Gasteiger partial charge in [0.05, 0.1) is 0 Å². The molecule has 0 aliphatic carbocycles. The largest absolute Gasteiger partial charge is 0.388 e. The maximum absolute atomic E-state index is 9.33. The number of aliphatic hydroxyl groups is 1. The SMILES string of the molecule is CC1CN(c2ccnc(-c3cccnc3)n2)CC(C)N1c1ccnc(CO)n1. The second kappa shape index (κ2) is 7.85. The Bertz CT molecular complexity index is 925. The lowest BCUT2D eigenvalue weighted by Crippen LogP contribution is -2.57. The molecule has 1 N–H and O–H groups in total. The highest BCUT2D eigenvalue weighted by Gasteiger charge is 2.31. The lowest BCUT2D eigenvalue weighted by Gasteiger charge is -2.45. The lowest BCUT2D eigenvalue weighted by atomic mass is 10.1. The molecule has 4 rings (SSSR count). The van der Waals surface area contributed by atoms with Crippen LogP contribution in [0.5, 0.6) is 0 Å². The van der Waals surface area contributed by atoms with Crippen LogP contribution in [0.3, 0.4) is 0 Å². The maximum atomic E-state index is 9.33. The van der Waals surface area contributed by atoms with Gasteiger partial charge in [0.2, 0.25) is 0 Å². The van der Waals surface area contributed by atoms with Gasteiger partial charge >= 0.3 is 0 Å². The second-order valence-electron chi connectivity index (χ2n) is 6.98. The zero-order valence-corrected chi connectivity index (χ0v) is 16.0. The number of anilines is 2. The minimum absolute atomic E-state index is 0.158. The molecular formula is C20H23N7O. The summed E-state index contributed by atoms with van der Waals surface area (Å²) < 4.78 is 0. The average Bonchev–Trinajstić information content (AvgIpc) is 2.74. The molecule has 2 atom stereocenters. The quantitative estimate of drug-likeness (QED) is 0.737. The third-order valence-electron chi connectivity index (χ3n) is 4.90. The van der Waals surface area contributed by atoms with Crippen LogP contribution >= 0.6 is 0 Å². The standard InChI is InChI=1S/C20H23N7O/c1-14-11-26(12-15(2)27(14)19-6-8-22-17(13-28)24-19)18-5-9-23-20(25-18)16-4-3-7-21-10-16/h3-10,14-15,28H,11-13H2,1-2H3. The van der Waals surface area contributed by atoms with Gasteiger partial charge < -0.3 is 14.9 Å². The van der Waals surface area contributed by atoms with Gasteiger partial charge in [-0.1, -0.05) is 0 Å². The summed E-state index contributed by atoms with van der Waals surface area (Å²) in [6.07, 6.45) is 7.01. The van der Waals surface area contributed by atoms with Crippen molar-refractivity contribution in [3.63, 3.8) is 0 Å². The zero-order chi connectivity index (χ0) is 19.5. The summed E-state index contributed by atoms with van der Waals surface area (Å²) in [7, 11) is 0. The Morgan fingerprint density at radius 3 is 2.43 bits per heavy atom. The number of pyridine rings is 1. The van der Waals surface area contributed by atoms with Crippen molar-refractivity contribution in [3.8, 4) is 11.4 Å². The number of aliphatic hydroxyl groups excluding tert-OH is 1. The van der Waals surface area contributed by atoms with E-state index in [0.29, 0.717) is 11.6 Å². The summed E-state index contributed by atoms with van der Waals surface area (Å²) >= 11 is 0. The van der Waals surface area contributed by atoms with Gasteiger partial charge in [0.1, 0.15) is 18.2 Å². The van der Waals surface area contributed by atoms with E-state index in [0.717, 1.165) is 30.3 Å². The first kappa shape index (κ1) is 18.2. The summed E-state index contributed by atoms with van der Waals surface area (Å²) in [4.78, 5) is 26.4. The molecule has 2 unspecified atom stereocenters. The van der Waals surface area contributed by atoms with Crippen molar-refractivity contribution < 1.29 is 5.11 Å². The zero-order valence-electron chi connectivity index (χ0n) is 16.0. The normalized spacial score (nSPS) is 19.7. The topological polar surface area (TPSA) is 91.2 Å². The van der Waals surface area contributed by atoms with E-state index in [9.17, 15) is 5.11 Å². The fourth-order valence-corrected chi connectivity index (χ4v) is 3.73. The van der Waals surface area contributed by atoms with Gasteiger partial charge in [0.15, 0.2) is 11.6 Å². The average molecular weight is 377 g/mol. The first-order valence-electron chi connectivity index (χ1n) is 9.35. The van der Waals surface area contributed by atoms with Crippen LogP contribution in [0.1, 0.15) is 19.7 Å². The Morgan fingerprint density at radius 1 is 0.964 bits per heavy atom. The van der Waals surface area contributed by atoms with Crippen LogP contribution in [0.4, 0.5) is 11.6 Å². The highest BCUT2D eigenvalue weighted by atomic mass is 16.3. The second-order valence-corrected chi connectivity index (χ2v) is 6.98. The molecule has 144 valence electrons. The van der Waals surface area contributed by atoms with Gasteiger partial charge in [-0.05, 0) is 38.1 Å². The molecule has 3 aromatic rings. The van der Waals surface area contributed by atoms with Crippen LogP contribution in [-0.4, -0.2) is 55.2 Å². The van der Waals surface area contributed by atoms with E-state index in [1.54, 1.807) is 24.8 Å². The van der Waals surface area contributed by atoms with E-state index in [-0.39, 0.29) is 18.7 Å². The van der Waals surface area contributed by atoms with Crippen molar-refractivity contribution in [2.75, 3.05) is 22.9 Å². The van der Waals surface area contributed by atoms with Crippen LogP contribution in [0.25, 0.3) is 11.4 Å². The molecule has 1 aliphatic heterocycles. The predicted octanol–water partition coefficient (Wildman–Crippen LogP) is 1.92. The van der Waals surface area contributed by atoms with Crippen molar-refractivity contribution >= 4 is 11.6 Å². The van der Waals surface area contributed by atoms with Crippen molar-refractivity contribution in [1.29, 1.82) is 0 Å². The maximum Gasteiger partial charge on any atom is 0.163 e. The van der Waals surface area contributed by atoms with E-state index in [1.165, 1.54) is 0 Å². The lowest BCUT2D eigenvalue weighted by molar-refractivity contribution is 0.271. The Kier molecular flexibility index (Phi) is 5.12. The van der Waals surface area contributed by atoms with Crippen LogP contribution in [0.2, 0.25) is 0 Å². The molecule has 0 radical (unpaired) electrons. The van der Waals surface area contributed by atoms with Crippen molar-refractivity contribution in [1.82, 2.24) is 24.9 Å². The molecule has 0 saturated carbocycles. The third-order valence-corrected chi connectivity index (χ3v) is 4.90. The number of piperazine rings is 1. The highest BCUT2D eigenvalue weighted by Crippen LogP contribution is 2.26. The number of aromatic nitrogens is 5. The first-order valence-corrected chi connectivity index (χ1v) is 9.35. The van der Waals surface area contributed by atoms with Crippen molar-refractivity contribution in [2.45, 2.75) is 32.5 Å². The summed E-state index contributed by atoms with van der Waals surface area (Å²) in [5.41, 5.74) is 0.904. The highest BCUT2D eigenvalue weighted by molar-refractivity contribution is 5.56.